The van der Waals surface area contributed by atoms with Gasteiger partial charge in [0.2, 0.25) is 0 Å². The van der Waals surface area contributed by atoms with Gasteiger partial charge in [-0.1, -0.05) is 37.8 Å². The number of ether oxygens (including phenoxy) is 1. The fraction of sp³-hybridized carbons (Fsp3) is 0.600. The normalized spacial score (nSPS) is 17.4. The fourth-order valence-corrected chi connectivity index (χ4v) is 2.61. The summed E-state index contributed by atoms with van der Waals surface area (Å²) in [6.07, 6.45) is 7.88. The van der Waals surface area contributed by atoms with Crippen molar-refractivity contribution in [2.24, 2.45) is 0 Å². The van der Waals surface area contributed by atoms with Crippen LogP contribution in [0.5, 0.6) is 11.5 Å². The first kappa shape index (κ1) is 13.2. The standard InChI is InChI=1S/C15H23NO2/c1-18-14-10-6-7-12(15(14)17)11-16-13-8-4-2-3-5-9-13/h6-7,10,13,16-17H,2-5,8-9,11H2,1H3. The highest BCUT2D eigenvalue weighted by Gasteiger charge is 2.13. The molecule has 3 nitrogen and oxygen atoms in total. The maximum absolute atomic E-state index is 10.0. The average molecular weight is 249 g/mol. The van der Waals surface area contributed by atoms with E-state index in [9.17, 15) is 5.11 Å². The SMILES string of the molecule is COc1cccc(CNC2CCCCCC2)c1O. The lowest BCUT2D eigenvalue weighted by molar-refractivity contribution is 0.367. The van der Waals surface area contributed by atoms with Crippen LogP contribution in [0.3, 0.4) is 0 Å². The van der Waals surface area contributed by atoms with Crippen molar-refractivity contribution in [2.45, 2.75) is 51.1 Å². The highest BCUT2D eigenvalue weighted by atomic mass is 16.5. The predicted molar refractivity (Wildman–Crippen MR) is 73.0 cm³/mol. The van der Waals surface area contributed by atoms with Crippen molar-refractivity contribution < 1.29 is 9.84 Å². The van der Waals surface area contributed by atoms with E-state index >= 15 is 0 Å². The van der Waals surface area contributed by atoms with Crippen molar-refractivity contribution in [3.05, 3.63) is 23.8 Å². The molecule has 3 heteroatoms. The summed E-state index contributed by atoms with van der Waals surface area (Å²) in [4.78, 5) is 0. The first-order chi connectivity index (χ1) is 8.81. The number of phenolic OH excluding ortho intramolecular Hbond substituents is 1. The first-order valence-corrected chi connectivity index (χ1v) is 6.89. The maximum Gasteiger partial charge on any atom is 0.162 e. The summed E-state index contributed by atoms with van der Waals surface area (Å²) in [6, 6.07) is 6.24. The lowest BCUT2D eigenvalue weighted by Gasteiger charge is -2.17. The Morgan fingerprint density at radius 3 is 2.61 bits per heavy atom. The zero-order valence-electron chi connectivity index (χ0n) is 11.1. The Morgan fingerprint density at radius 1 is 1.22 bits per heavy atom. The molecule has 2 N–H and O–H groups in total. The molecule has 1 aromatic rings. The second kappa shape index (κ2) is 6.64. The molecule has 18 heavy (non-hydrogen) atoms. The molecular weight excluding hydrogens is 226 g/mol. The molecular formula is C15H23NO2. The van der Waals surface area contributed by atoms with Crippen LogP contribution >= 0.6 is 0 Å². The van der Waals surface area contributed by atoms with E-state index in [0.29, 0.717) is 18.3 Å². The van der Waals surface area contributed by atoms with E-state index < -0.39 is 0 Å². The van der Waals surface area contributed by atoms with E-state index in [2.05, 4.69) is 5.32 Å². The van der Waals surface area contributed by atoms with Crippen LogP contribution in [0.2, 0.25) is 0 Å². The number of hydrogen-bond acceptors (Lipinski definition) is 3. The van der Waals surface area contributed by atoms with Gasteiger partial charge >= 0.3 is 0 Å². The summed E-state index contributed by atoms with van der Waals surface area (Å²) >= 11 is 0. The number of benzene rings is 1. The average Bonchev–Trinajstić information content (AvgIpc) is 2.66. The van der Waals surface area contributed by atoms with Gasteiger partial charge in [0.25, 0.3) is 0 Å². The number of nitrogens with one attached hydrogen (secondary N) is 1. The molecule has 0 unspecified atom stereocenters. The van der Waals surface area contributed by atoms with Crippen LogP contribution < -0.4 is 10.1 Å². The maximum atomic E-state index is 10.0. The van der Waals surface area contributed by atoms with E-state index in [1.807, 2.05) is 12.1 Å². The predicted octanol–water partition coefficient (Wildman–Crippen LogP) is 3.21. The van der Waals surface area contributed by atoms with E-state index in [1.54, 1.807) is 13.2 Å². The number of phenols is 1. The van der Waals surface area contributed by atoms with Crippen LogP contribution in [-0.4, -0.2) is 18.3 Å². The minimum Gasteiger partial charge on any atom is -0.504 e. The lowest BCUT2D eigenvalue weighted by Crippen LogP contribution is -2.27. The second-order valence-electron chi connectivity index (χ2n) is 5.04. The Bertz CT molecular complexity index is 371. The molecule has 0 amide bonds. The van der Waals surface area contributed by atoms with Crippen molar-refractivity contribution in [1.82, 2.24) is 5.32 Å². The zero-order chi connectivity index (χ0) is 12.8. The smallest absolute Gasteiger partial charge is 0.162 e. The van der Waals surface area contributed by atoms with Crippen molar-refractivity contribution >= 4 is 0 Å². The van der Waals surface area contributed by atoms with E-state index in [1.165, 1.54) is 38.5 Å². The van der Waals surface area contributed by atoms with Crippen molar-refractivity contribution in [2.75, 3.05) is 7.11 Å². The van der Waals surface area contributed by atoms with Gasteiger partial charge in [-0.3, -0.25) is 0 Å². The van der Waals surface area contributed by atoms with Crippen molar-refractivity contribution in [3.63, 3.8) is 0 Å². The van der Waals surface area contributed by atoms with Crippen LogP contribution in [0.1, 0.15) is 44.1 Å². The van der Waals surface area contributed by atoms with Gasteiger partial charge in [0.15, 0.2) is 11.5 Å². The first-order valence-electron chi connectivity index (χ1n) is 6.89. The third-order valence-electron chi connectivity index (χ3n) is 3.74. The van der Waals surface area contributed by atoms with Crippen molar-refractivity contribution in [1.29, 1.82) is 0 Å². The molecule has 2 rings (SSSR count). The van der Waals surface area contributed by atoms with Crippen LogP contribution in [-0.2, 0) is 6.54 Å². The van der Waals surface area contributed by atoms with Gasteiger partial charge in [0, 0.05) is 18.2 Å². The quantitative estimate of drug-likeness (QED) is 0.805. The summed E-state index contributed by atoms with van der Waals surface area (Å²) in [5, 5.41) is 13.6. The minimum absolute atomic E-state index is 0.265. The highest BCUT2D eigenvalue weighted by Crippen LogP contribution is 2.29. The number of aromatic hydroxyl groups is 1. The Morgan fingerprint density at radius 2 is 1.94 bits per heavy atom. The fourth-order valence-electron chi connectivity index (χ4n) is 2.61. The molecule has 1 aromatic carbocycles. The molecule has 0 atom stereocenters. The molecule has 1 aliphatic rings. The Balaban J connectivity index is 1.92. The lowest BCUT2D eigenvalue weighted by atomic mass is 10.1. The molecule has 1 aliphatic carbocycles. The summed E-state index contributed by atoms with van der Waals surface area (Å²) in [5.74, 6) is 0.816. The molecule has 1 fully saturated rings. The second-order valence-corrected chi connectivity index (χ2v) is 5.04. The van der Waals surface area contributed by atoms with Crippen LogP contribution in [0.25, 0.3) is 0 Å². The molecule has 0 saturated heterocycles. The number of rotatable bonds is 4. The molecule has 100 valence electrons. The van der Waals surface area contributed by atoms with Gasteiger partial charge in [0.1, 0.15) is 0 Å². The third kappa shape index (κ3) is 3.39. The molecule has 0 heterocycles. The van der Waals surface area contributed by atoms with Gasteiger partial charge in [-0.2, -0.15) is 0 Å². The van der Waals surface area contributed by atoms with Gasteiger partial charge in [0.05, 0.1) is 7.11 Å². The molecule has 0 aliphatic heterocycles. The van der Waals surface area contributed by atoms with E-state index in [0.717, 1.165) is 5.56 Å². The summed E-state index contributed by atoms with van der Waals surface area (Å²) in [5.41, 5.74) is 0.915. The zero-order valence-corrected chi connectivity index (χ0v) is 11.1. The Labute approximate surface area is 109 Å². The van der Waals surface area contributed by atoms with Crippen LogP contribution in [0.4, 0.5) is 0 Å². The van der Waals surface area contributed by atoms with Crippen LogP contribution in [0, 0.1) is 0 Å². The van der Waals surface area contributed by atoms with E-state index in [4.69, 9.17) is 4.74 Å². The van der Waals surface area contributed by atoms with Gasteiger partial charge in [-0.25, -0.2) is 0 Å². The Kier molecular flexibility index (Phi) is 4.88. The third-order valence-corrected chi connectivity index (χ3v) is 3.74. The van der Waals surface area contributed by atoms with Crippen molar-refractivity contribution in [3.8, 4) is 11.5 Å². The monoisotopic (exact) mass is 249 g/mol. The molecule has 0 aromatic heterocycles. The summed E-state index contributed by atoms with van der Waals surface area (Å²) in [7, 11) is 1.58. The van der Waals surface area contributed by atoms with Gasteiger partial charge in [-0.05, 0) is 18.9 Å². The largest absolute Gasteiger partial charge is 0.504 e. The number of para-hydroxylation sites is 1. The summed E-state index contributed by atoms with van der Waals surface area (Å²) < 4.78 is 5.12. The van der Waals surface area contributed by atoms with E-state index in [-0.39, 0.29) is 5.75 Å². The molecule has 0 bridgehead atoms. The molecule has 0 spiro atoms. The number of hydrogen-bond donors (Lipinski definition) is 2. The highest BCUT2D eigenvalue weighted by molar-refractivity contribution is 5.45. The van der Waals surface area contributed by atoms with Crippen LogP contribution in [0.15, 0.2) is 18.2 Å². The summed E-state index contributed by atoms with van der Waals surface area (Å²) in [6.45, 7) is 0.716. The van der Waals surface area contributed by atoms with Gasteiger partial charge in [-0.15, -0.1) is 0 Å². The topological polar surface area (TPSA) is 41.5 Å². The molecule has 1 saturated carbocycles. The van der Waals surface area contributed by atoms with Gasteiger partial charge < -0.3 is 15.2 Å². The Hall–Kier alpha value is -1.22. The minimum atomic E-state index is 0.265. The number of methoxy groups -OCH3 is 1. The molecule has 0 radical (unpaired) electrons.